The minimum atomic E-state index is -0.367. The lowest BCUT2D eigenvalue weighted by atomic mass is 10.4. The summed E-state index contributed by atoms with van der Waals surface area (Å²) in [6, 6.07) is 1.36. The lowest BCUT2D eigenvalue weighted by Crippen LogP contribution is -1.89. The van der Waals surface area contributed by atoms with Crippen molar-refractivity contribution in [1.82, 2.24) is 15.2 Å². The van der Waals surface area contributed by atoms with Gasteiger partial charge in [0.05, 0.1) is 11.7 Å². The van der Waals surface area contributed by atoms with Crippen molar-refractivity contribution in [2.24, 2.45) is 0 Å². The maximum absolute atomic E-state index is 12.6. The summed E-state index contributed by atoms with van der Waals surface area (Å²) in [5, 5.41) is 9.40. The van der Waals surface area contributed by atoms with Gasteiger partial charge in [-0.2, -0.15) is 5.10 Å². The normalized spacial score (nSPS) is 10.5. The van der Waals surface area contributed by atoms with E-state index in [9.17, 15) is 4.39 Å². The molecular weight excluding hydrogens is 159 g/mol. The van der Waals surface area contributed by atoms with Crippen LogP contribution in [0.25, 0.3) is 11.0 Å². The number of halogens is 1. The first-order valence-corrected chi connectivity index (χ1v) is 3.48. The van der Waals surface area contributed by atoms with Gasteiger partial charge in [-0.3, -0.25) is 5.10 Å². The van der Waals surface area contributed by atoms with Crippen LogP contribution < -0.4 is 5.32 Å². The van der Waals surface area contributed by atoms with Crippen molar-refractivity contribution in [1.29, 1.82) is 0 Å². The highest BCUT2D eigenvalue weighted by atomic mass is 19.1. The number of pyridine rings is 1. The molecule has 0 saturated carbocycles. The Hall–Kier alpha value is -1.65. The Bertz CT molecular complexity index is 409. The van der Waals surface area contributed by atoms with Crippen molar-refractivity contribution in [3.8, 4) is 0 Å². The summed E-state index contributed by atoms with van der Waals surface area (Å²) in [6.45, 7) is 0. The molecule has 0 bridgehead atoms. The van der Waals surface area contributed by atoms with Crippen LogP contribution in [0.5, 0.6) is 0 Å². The molecule has 2 aromatic rings. The lowest BCUT2D eigenvalue weighted by molar-refractivity contribution is 0.624. The molecule has 62 valence electrons. The average molecular weight is 166 g/mol. The second kappa shape index (κ2) is 2.44. The van der Waals surface area contributed by atoms with E-state index in [-0.39, 0.29) is 5.82 Å². The molecule has 0 aliphatic rings. The summed E-state index contributed by atoms with van der Waals surface area (Å²) in [5.41, 5.74) is 1.25. The van der Waals surface area contributed by atoms with E-state index in [1.54, 1.807) is 7.05 Å². The van der Waals surface area contributed by atoms with E-state index in [2.05, 4.69) is 20.5 Å². The van der Waals surface area contributed by atoms with Crippen LogP contribution >= 0.6 is 0 Å². The molecule has 0 saturated heterocycles. The van der Waals surface area contributed by atoms with Gasteiger partial charge in [0, 0.05) is 13.1 Å². The molecule has 0 unspecified atom stereocenters. The van der Waals surface area contributed by atoms with Crippen molar-refractivity contribution in [2.75, 3.05) is 12.4 Å². The Morgan fingerprint density at radius 3 is 3.17 bits per heavy atom. The summed E-state index contributed by atoms with van der Waals surface area (Å²) in [7, 11) is 1.74. The zero-order valence-electron chi connectivity index (χ0n) is 6.43. The Morgan fingerprint density at radius 1 is 1.58 bits per heavy atom. The van der Waals surface area contributed by atoms with Gasteiger partial charge in [-0.25, -0.2) is 9.37 Å². The van der Waals surface area contributed by atoms with Gasteiger partial charge in [-0.05, 0) is 0 Å². The number of rotatable bonds is 1. The predicted molar refractivity (Wildman–Crippen MR) is 43.4 cm³/mol. The number of anilines is 1. The van der Waals surface area contributed by atoms with Gasteiger partial charge < -0.3 is 5.32 Å². The maximum atomic E-state index is 12.6. The molecule has 0 fully saturated rings. The summed E-state index contributed by atoms with van der Waals surface area (Å²) >= 11 is 0. The van der Waals surface area contributed by atoms with Crippen molar-refractivity contribution in [3.63, 3.8) is 0 Å². The van der Waals surface area contributed by atoms with Crippen LogP contribution in [0.3, 0.4) is 0 Å². The number of aromatic amines is 1. The van der Waals surface area contributed by atoms with E-state index < -0.39 is 0 Å². The monoisotopic (exact) mass is 166 g/mol. The van der Waals surface area contributed by atoms with Crippen LogP contribution in [0, 0.1) is 5.82 Å². The van der Waals surface area contributed by atoms with Crippen molar-refractivity contribution in [2.45, 2.75) is 0 Å². The Kier molecular flexibility index (Phi) is 1.43. The number of nitrogens with one attached hydrogen (secondary N) is 2. The number of aromatic nitrogens is 3. The van der Waals surface area contributed by atoms with Crippen molar-refractivity contribution >= 4 is 16.9 Å². The van der Waals surface area contributed by atoms with Gasteiger partial charge in [0.15, 0.2) is 5.82 Å². The first kappa shape index (κ1) is 7.02. The van der Waals surface area contributed by atoms with Gasteiger partial charge in [-0.15, -0.1) is 0 Å². The minimum absolute atomic E-state index is 0.367. The standard InChI is InChI=1S/C7H7FN4/c1-9-7-6-5(11-12-7)2-4(8)3-10-6/h2-3H,1H3,(H2,9,11,12). The molecule has 0 aliphatic heterocycles. The fourth-order valence-electron chi connectivity index (χ4n) is 1.06. The van der Waals surface area contributed by atoms with Crippen LogP contribution in [-0.4, -0.2) is 22.2 Å². The molecule has 2 rings (SSSR count). The number of nitrogens with zero attached hydrogens (tertiary/aromatic N) is 2. The average Bonchev–Trinajstić information content (AvgIpc) is 2.46. The van der Waals surface area contributed by atoms with Crippen LogP contribution in [-0.2, 0) is 0 Å². The van der Waals surface area contributed by atoms with Crippen LogP contribution in [0.15, 0.2) is 12.3 Å². The van der Waals surface area contributed by atoms with Gasteiger partial charge in [0.1, 0.15) is 11.3 Å². The van der Waals surface area contributed by atoms with Crippen molar-refractivity contribution in [3.05, 3.63) is 18.1 Å². The summed E-state index contributed by atoms with van der Waals surface area (Å²) in [4.78, 5) is 3.88. The van der Waals surface area contributed by atoms with Crippen LogP contribution in [0.4, 0.5) is 10.2 Å². The lowest BCUT2D eigenvalue weighted by Gasteiger charge is -1.91. The van der Waals surface area contributed by atoms with E-state index in [4.69, 9.17) is 0 Å². The Labute approximate surface area is 67.8 Å². The van der Waals surface area contributed by atoms with E-state index >= 15 is 0 Å². The van der Waals surface area contributed by atoms with E-state index in [1.807, 2.05) is 0 Å². The largest absolute Gasteiger partial charge is 0.370 e. The van der Waals surface area contributed by atoms with E-state index in [0.29, 0.717) is 16.9 Å². The first-order chi connectivity index (χ1) is 5.81. The third kappa shape index (κ3) is 0.903. The van der Waals surface area contributed by atoms with Gasteiger partial charge in [-0.1, -0.05) is 0 Å². The third-order valence-electron chi connectivity index (χ3n) is 1.60. The smallest absolute Gasteiger partial charge is 0.174 e. The van der Waals surface area contributed by atoms with Crippen LogP contribution in [0.2, 0.25) is 0 Å². The fraction of sp³-hybridized carbons (Fsp3) is 0.143. The minimum Gasteiger partial charge on any atom is -0.370 e. The molecule has 12 heavy (non-hydrogen) atoms. The Balaban J connectivity index is 2.73. The van der Waals surface area contributed by atoms with Crippen LogP contribution in [0.1, 0.15) is 0 Å². The molecule has 4 nitrogen and oxygen atoms in total. The second-order valence-electron chi connectivity index (χ2n) is 2.37. The number of hydrogen-bond acceptors (Lipinski definition) is 3. The molecule has 5 heteroatoms. The van der Waals surface area contributed by atoms with Gasteiger partial charge in [0.25, 0.3) is 0 Å². The molecule has 2 N–H and O–H groups in total. The molecular formula is C7H7FN4. The highest BCUT2D eigenvalue weighted by Gasteiger charge is 2.04. The molecule has 2 aromatic heterocycles. The molecule has 0 amide bonds. The second-order valence-corrected chi connectivity index (χ2v) is 2.37. The highest BCUT2D eigenvalue weighted by molar-refractivity contribution is 5.85. The summed E-state index contributed by atoms with van der Waals surface area (Å²) < 4.78 is 12.6. The highest BCUT2D eigenvalue weighted by Crippen LogP contribution is 2.16. The van der Waals surface area contributed by atoms with Gasteiger partial charge in [0.2, 0.25) is 0 Å². The molecule has 0 spiro atoms. The predicted octanol–water partition coefficient (Wildman–Crippen LogP) is 1.14. The van der Waals surface area contributed by atoms with E-state index in [1.165, 1.54) is 12.3 Å². The number of fused-ring (bicyclic) bond motifs is 1. The summed E-state index contributed by atoms with van der Waals surface area (Å²) in [6.07, 6.45) is 1.17. The summed E-state index contributed by atoms with van der Waals surface area (Å²) in [5.74, 6) is 0.263. The maximum Gasteiger partial charge on any atom is 0.174 e. The quantitative estimate of drug-likeness (QED) is 0.667. The fourth-order valence-corrected chi connectivity index (χ4v) is 1.06. The topological polar surface area (TPSA) is 53.6 Å². The molecule has 0 atom stereocenters. The Morgan fingerprint density at radius 2 is 2.42 bits per heavy atom. The number of hydrogen-bond donors (Lipinski definition) is 2. The number of H-pyrrole nitrogens is 1. The third-order valence-corrected chi connectivity index (χ3v) is 1.60. The zero-order valence-corrected chi connectivity index (χ0v) is 6.43. The molecule has 0 aliphatic carbocycles. The SMILES string of the molecule is CNc1n[nH]c2cc(F)cnc12. The molecule has 0 aromatic carbocycles. The van der Waals surface area contributed by atoms with Crippen molar-refractivity contribution < 1.29 is 4.39 Å². The first-order valence-electron chi connectivity index (χ1n) is 3.48. The zero-order chi connectivity index (χ0) is 8.55. The van der Waals surface area contributed by atoms with E-state index in [0.717, 1.165) is 0 Å². The molecule has 0 radical (unpaired) electrons. The molecule has 2 heterocycles. The van der Waals surface area contributed by atoms with Gasteiger partial charge >= 0.3 is 0 Å².